The van der Waals surface area contributed by atoms with Crippen molar-refractivity contribution in [3.63, 3.8) is 0 Å². The molecule has 4 N–H and O–H groups in total. The number of aliphatic hydroxyl groups is 2. The molecule has 180 valence electrons. The molecule has 4 rings (SSSR count). The summed E-state index contributed by atoms with van der Waals surface area (Å²) in [6.45, 7) is 0. The van der Waals surface area contributed by atoms with E-state index in [2.05, 4.69) is 0 Å². The summed E-state index contributed by atoms with van der Waals surface area (Å²) in [5, 5.41) is 40.3. The summed E-state index contributed by atoms with van der Waals surface area (Å²) in [4.78, 5) is 24.1. The van der Waals surface area contributed by atoms with E-state index < -0.39 is 47.9 Å². The number of ether oxygens (including phenoxy) is 4. The van der Waals surface area contributed by atoms with Crippen LogP contribution in [0.3, 0.4) is 0 Å². The predicted octanol–water partition coefficient (Wildman–Crippen LogP) is 1.10. The Balaban J connectivity index is 1.69. The van der Waals surface area contributed by atoms with E-state index in [-0.39, 0.29) is 22.5 Å². The highest BCUT2D eigenvalue weighted by atomic mass is 16.7. The lowest BCUT2D eigenvalue weighted by molar-refractivity contribution is -0.275. The van der Waals surface area contributed by atoms with Gasteiger partial charge in [-0.1, -0.05) is 0 Å². The van der Waals surface area contributed by atoms with E-state index in [1.807, 2.05) is 0 Å². The number of carboxylic acids is 1. The van der Waals surface area contributed by atoms with Gasteiger partial charge in [0.1, 0.15) is 52.3 Å². The maximum Gasteiger partial charge on any atom is 0.335 e. The SMILES string of the molecule is COc1ccc(-c2cc(=O)c3c(O)cc(O[C@@H]4O[C@H](C(=O)O)[C@@H](OC)[C@H](O)[C@H]4O)cc3o2)cc1. The lowest BCUT2D eigenvalue weighted by Crippen LogP contribution is -2.61. The monoisotopic (exact) mass is 474 g/mol. The Labute approximate surface area is 192 Å². The molecule has 34 heavy (non-hydrogen) atoms. The second-order valence-corrected chi connectivity index (χ2v) is 7.58. The van der Waals surface area contributed by atoms with Crippen molar-refractivity contribution in [2.75, 3.05) is 14.2 Å². The molecule has 3 aromatic rings. The number of phenols is 1. The summed E-state index contributed by atoms with van der Waals surface area (Å²) in [6.07, 6.45) is -7.87. The van der Waals surface area contributed by atoms with Crippen molar-refractivity contribution in [3.05, 3.63) is 52.7 Å². The third-order valence-electron chi connectivity index (χ3n) is 5.47. The van der Waals surface area contributed by atoms with Crippen molar-refractivity contribution < 1.29 is 48.6 Å². The van der Waals surface area contributed by atoms with E-state index in [0.29, 0.717) is 11.3 Å². The minimum atomic E-state index is -1.67. The molecule has 2 heterocycles. The summed E-state index contributed by atoms with van der Waals surface area (Å²) in [7, 11) is 2.69. The largest absolute Gasteiger partial charge is 0.507 e. The number of aromatic hydroxyl groups is 1. The van der Waals surface area contributed by atoms with Crippen LogP contribution in [-0.4, -0.2) is 71.3 Å². The zero-order chi connectivity index (χ0) is 24.6. The average Bonchev–Trinajstić information content (AvgIpc) is 2.81. The summed E-state index contributed by atoms with van der Waals surface area (Å²) < 4.78 is 26.7. The molecule has 1 saturated heterocycles. The van der Waals surface area contributed by atoms with Crippen LogP contribution in [0.2, 0.25) is 0 Å². The lowest BCUT2D eigenvalue weighted by atomic mass is 9.98. The van der Waals surface area contributed by atoms with Crippen LogP contribution in [0.25, 0.3) is 22.3 Å². The first kappa shape index (κ1) is 23.5. The van der Waals surface area contributed by atoms with Crippen molar-refractivity contribution in [2.45, 2.75) is 30.7 Å². The van der Waals surface area contributed by atoms with E-state index in [9.17, 15) is 30.0 Å². The Morgan fingerprint density at radius 3 is 2.32 bits per heavy atom. The fourth-order valence-corrected chi connectivity index (χ4v) is 3.74. The molecule has 11 nitrogen and oxygen atoms in total. The fourth-order valence-electron chi connectivity index (χ4n) is 3.74. The summed E-state index contributed by atoms with van der Waals surface area (Å²) in [5.41, 5.74) is 0.0489. The molecule has 11 heteroatoms. The number of rotatable bonds is 6. The minimum Gasteiger partial charge on any atom is -0.507 e. The van der Waals surface area contributed by atoms with Gasteiger partial charge in [-0.2, -0.15) is 0 Å². The zero-order valence-corrected chi connectivity index (χ0v) is 18.1. The van der Waals surface area contributed by atoms with Gasteiger partial charge in [-0.25, -0.2) is 4.79 Å². The summed E-state index contributed by atoms with van der Waals surface area (Å²) in [5.74, 6) is -1.16. The Bertz CT molecular complexity index is 1250. The second-order valence-electron chi connectivity index (χ2n) is 7.58. The fraction of sp³-hybridized carbons (Fsp3) is 0.304. The number of fused-ring (bicyclic) bond motifs is 1. The second kappa shape index (κ2) is 9.31. The van der Waals surface area contributed by atoms with Gasteiger partial charge in [0.25, 0.3) is 0 Å². The van der Waals surface area contributed by atoms with Crippen LogP contribution in [0, 0.1) is 0 Å². The molecule has 1 fully saturated rings. The van der Waals surface area contributed by atoms with Crippen LogP contribution < -0.4 is 14.9 Å². The van der Waals surface area contributed by atoms with Gasteiger partial charge in [0, 0.05) is 30.9 Å². The third-order valence-corrected chi connectivity index (χ3v) is 5.47. The summed E-state index contributed by atoms with van der Waals surface area (Å²) in [6, 6.07) is 10.4. The van der Waals surface area contributed by atoms with E-state index in [4.69, 9.17) is 23.4 Å². The van der Waals surface area contributed by atoms with E-state index >= 15 is 0 Å². The van der Waals surface area contributed by atoms with Crippen molar-refractivity contribution >= 4 is 16.9 Å². The van der Waals surface area contributed by atoms with Crippen molar-refractivity contribution in [1.82, 2.24) is 0 Å². The van der Waals surface area contributed by atoms with Gasteiger partial charge in [-0.15, -0.1) is 0 Å². The van der Waals surface area contributed by atoms with Crippen LogP contribution in [0.4, 0.5) is 0 Å². The molecule has 0 bridgehead atoms. The Hall–Kier alpha value is -3.64. The molecular formula is C23H22O11. The van der Waals surface area contributed by atoms with Crippen LogP contribution in [0.1, 0.15) is 0 Å². The molecule has 2 aromatic carbocycles. The number of hydrogen-bond donors (Lipinski definition) is 4. The molecule has 1 aliphatic heterocycles. The highest BCUT2D eigenvalue weighted by Crippen LogP contribution is 2.33. The quantitative estimate of drug-likeness (QED) is 0.404. The zero-order valence-electron chi connectivity index (χ0n) is 18.1. The third kappa shape index (κ3) is 4.29. The highest BCUT2D eigenvalue weighted by Gasteiger charge is 2.49. The number of hydrogen-bond acceptors (Lipinski definition) is 10. The number of phenolic OH excluding ortho intramolecular Hbond substituents is 1. The van der Waals surface area contributed by atoms with Gasteiger partial charge in [0.05, 0.1) is 7.11 Å². The van der Waals surface area contributed by atoms with Gasteiger partial charge in [0.15, 0.2) is 11.5 Å². The molecular weight excluding hydrogens is 452 g/mol. The number of methoxy groups -OCH3 is 2. The first-order chi connectivity index (χ1) is 16.2. The maximum absolute atomic E-state index is 12.6. The smallest absolute Gasteiger partial charge is 0.335 e. The van der Waals surface area contributed by atoms with Gasteiger partial charge in [0.2, 0.25) is 6.29 Å². The molecule has 5 atom stereocenters. The number of carbonyl (C=O) groups is 1. The van der Waals surface area contributed by atoms with Crippen LogP contribution in [0.5, 0.6) is 17.2 Å². The number of carboxylic acid groups (broad SMARTS) is 1. The normalized spacial score (nSPS) is 24.6. The average molecular weight is 474 g/mol. The topological polar surface area (TPSA) is 165 Å². The van der Waals surface area contributed by atoms with Crippen molar-refractivity contribution in [1.29, 1.82) is 0 Å². The first-order valence-corrected chi connectivity index (χ1v) is 10.1. The van der Waals surface area contributed by atoms with Gasteiger partial charge >= 0.3 is 5.97 Å². The Kier molecular flexibility index (Phi) is 6.44. The number of aliphatic carboxylic acids is 1. The number of aliphatic hydroxyl groups excluding tert-OH is 2. The van der Waals surface area contributed by atoms with Crippen LogP contribution in [-0.2, 0) is 14.3 Å². The molecule has 1 aliphatic rings. The van der Waals surface area contributed by atoms with Gasteiger partial charge in [-0.05, 0) is 24.3 Å². The van der Waals surface area contributed by atoms with Crippen molar-refractivity contribution in [2.24, 2.45) is 0 Å². The molecule has 1 aromatic heterocycles. The van der Waals surface area contributed by atoms with E-state index in [1.54, 1.807) is 24.3 Å². The molecule has 0 saturated carbocycles. The molecule has 0 aliphatic carbocycles. The van der Waals surface area contributed by atoms with E-state index in [0.717, 1.165) is 6.07 Å². The Morgan fingerprint density at radius 1 is 1.00 bits per heavy atom. The highest BCUT2D eigenvalue weighted by molar-refractivity contribution is 5.86. The van der Waals surface area contributed by atoms with Crippen LogP contribution >= 0.6 is 0 Å². The first-order valence-electron chi connectivity index (χ1n) is 10.1. The molecule has 0 unspecified atom stereocenters. The van der Waals surface area contributed by atoms with Gasteiger partial charge in [-0.3, -0.25) is 4.79 Å². The summed E-state index contributed by atoms with van der Waals surface area (Å²) >= 11 is 0. The molecule has 0 amide bonds. The number of benzene rings is 2. The lowest BCUT2D eigenvalue weighted by Gasteiger charge is -2.39. The van der Waals surface area contributed by atoms with Gasteiger partial charge < -0.3 is 43.8 Å². The van der Waals surface area contributed by atoms with E-state index in [1.165, 1.54) is 26.4 Å². The molecule has 0 spiro atoms. The standard InChI is InChI=1S/C23H22O11/c1-30-11-5-3-10(4-6-11)15-9-14(25)17-13(24)7-12(8-16(17)33-15)32-23-19(27)18(26)20(31-2)21(34-23)22(28)29/h3-9,18-21,23-24,26-27H,1-2H3,(H,28,29)/t18-,19-,20+,21+,23-/m1/s1. The Morgan fingerprint density at radius 2 is 1.71 bits per heavy atom. The maximum atomic E-state index is 12.6. The minimum absolute atomic E-state index is 0.0243. The van der Waals surface area contributed by atoms with Crippen LogP contribution in [0.15, 0.2) is 51.7 Å². The van der Waals surface area contributed by atoms with Crippen molar-refractivity contribution in [3.8, 4) is 28.6 Å². The molecule has 0 radical (unpaired) electrons. The predicted molar refractivity (Wildman–Crippen MR) is 116 cm³/mol.